The topological polar surface area (TPSA) is 103 Å². The molecular formula is C24H27NO7. The van der Waals surface area contributed by atoms with Crippen LogP contribution in [0.2, 0.25) is 0 Å². The third kappa shape index (κ3) is 4.93. The summed E-state index contributed by atoms with van der Waals surface area (Å²) in [6.07, 6.45) is -1.54. The summed E-state index contributed by atoms with van der Waals surface area (Å²) in [5.74, 6) is -1.93. The maximum absolute atomic E-state index is 12.4. The van der Waals surface area contributed by atoms with Crippen LogP contribution in [0.5, 0.6) is 0 Å². The summed E-state index contributed by atoms with van der Waals surface area (Å²) >= 11 is 0. The summed E-state index contributed by atoms with van der Waals surface area (Å²) in [6, 6.07) is 16.3. The third-order valence-corrected chi connectivity index (χ3v) is 5.58. The van der Waals surface area contributed by atoms with Crippen LogP contribution in [0.3, 0.4) is 0 Å². The van der Waals surface area contributed by atoms with Crippen LogP contribution in [0.1, 0.15) is 30.9 Å². The first-order valence-corrected chi connectivity index (χ1v) is 10.6. The number of fused-ring (bicyclic) bond motifs is 3. The van der Waals surface area contributed by atoms with Gasteiger partial charge in [0.2, 0.25) is 0 Å². The molecule has 4 rings (SSSR count). The van der Waals surface area contributed by atoms with Gasteiger partial charge in [-0.05, 0) is 36.1 Å². The quantitative estimate of drug-likeness (QED) is 0.649. The predicted octanol–water partition coefficient (Wildman–Crippen LogP) is 3.15. The highest BCUT2D eigenvalue weighted by atomic mass is 16.8. The van der Waals surface area contributed by atoms with Crippen molar-refractivity contribution in [2.75, 3.05) is 26.4 Å². The number of rotatable bonds is 8. The molecule has 0 radical (unpaired) electrons. The minimum atomic E-state index is -1.06. The molecule has 1 amide bonds. The Hall–Kier alpha value is -2.94. The molecule has 0 bridgehead atoms. The van der Waals surface area contributed by atoms with Crippen molar-refractivity contribution >= 4 is 12.1 Å². The second-order valence-corrected chi connectivity index (χ2v) is 8.33. The Morgan fingerprint density at radius 3 is 2.19 bits per heavy atom. The zero-order chi connectivity index (χ0) is 22.7. The number of amides is 1. The fraction of sp³-hybridized carbons (Fsp3) is 0.417. The van der Waals surface area contributed by atoms with Gasteiger partial charge in [-0.3, -0.25) is 0 Å². The monoisotopic (exact) mass is 441 g/mol. The second-order valence-electron chi connectivity index (χ2n) is 8.33. The number of hydrogen-bond acceptors (Lipinski definition) is 6. The first-order chi connectivity index (χ1) is 15.3. The summed E-state index contributed by atoms with van der Waals surface area (Å²) < 4.78 is 22.3. The van der Waals surface area contributed by atoms with E-state index in [1.54, 1.807) is 13.8 Å². The number of aliphatic carboxylic acids is 1. The van der Waals surface area contributed by atoms with E-state index in [9.17, 15) is 9.59 Å². The molecule has 0 spiro atoms. The van der Waals surface area contributed by atoms with Crippen LogP contribution >= 0.6 is 0 Å². The molecule has 8 heteroatoms. The summed E-state index contributed by atoms with van der Waals surface area (Å²) in [5, 5.41) is 11.5. The standard InChI is InChI=1S/C24H27NO7/c1-24(2)31-20(21(32-24)13-29-14-22(26)27)11-25-23(28)30-12-19-17-9-5-3-7-15(17)16-8-4-6-10-18(16)19/h3-10,19-21H,11-14H2,1-2H3,(H,25,28)(H,26,27)/t20-,21-/m1/s1. The SMILES string of the molecule is CC1(C)O[C@H](CNC(=O)OCC2c3ccccc3-c3ccccc32)[C@@H](COCC(=O)O)O1. The largest absolute Gasteiger partial charge is 0.480 e. The lowest BCUT2D eigenvalue weighted by Crippen LogP contribution is -2.40. The number of ether oxygens (including phenoxy) is 4. The van der Waals surface area contributed by atoms with Crippen LogP contribution in [0.4, 0.5) is 4.79 Å². The Balaban J connectivity index is 1.32. The van der Waals surface area contributed by atoms with E-state index in [1.807, 2.05) is 24.3 Å². The van der Waals surface area contributed by atoms with Crippen LogP contribution < -0.4 is 5.32 Å². The van der Waals surface area contributed by atoms with Crippen molar-refractivity contribution in [1.82, 2.24) is 5.32 Å². The summed E-state index contributed by atoms with van der Waals surface area (Å²) in [7, 11) is 0. The number of carbonyl (C=O) groups is 2. The number of carbonyl (C=O) groups excluding carboxylic acids is 1. The van der Waals surface area contributed by atoms with Gasteiger partial charge in [0.1, 0.15) is 25.4 Å². The van der Waals surface area contributed by atoms with Gasteiger partial charge in [-0.1, -0.05) is 48.5 Å². The van der Waals surface area contributed by atoms with E-state index >= 15 is 0 Å². The highest BCUT2D eigenvalue weighted by Gasteiger charge is 2.41. The lowest BCUT2D eigenvalue weighted by molar-refractivity contribution is -0.154. The second kappa shape index (κ2) is 9.28. The van der Waals surface area contributed by atoms with Gasteiger partial charge >= 0.3 is 12.1 Å². The van der Waals surface area contributed by atoms with Crippen molar-refractivity contribution in [3.63, 3.8) is 0 Å². The van der Waals surface area contributed by atoms with Crippen molar-refractivity contribution in [2.45, 2.75) is 37.8 Å². The van der Waals surface area contributed by atoms with E-state index in [0.29, 0.717) is 0 Å². The molecule has 170 valence electrons. The molecule has 1 aliphatic heterocycles. The fourth-order valence-corrected chi connectivity index (χ4v) is 4.32. The van der Waals surface area contributed by atoms with Crippen LogP contribution in [-0.2, 0) is 23.7 Å². The number of hydrogen-bond donors (Lipinski definition) is 2. The van der Waals surface area contributed by atoms with Gasteiger partial charge in [-0.2, -0.15) is 0 Å². The van der Waals surface area contributed by atoms with E-state index in [4.69, 9.17) is 24.1 Å². The smallest absolute Gasteiger partial charge is 0.407 e. The van der Waals surface area contributed by atoms with Gasteiger partial charge in [-0.25, -0.2) is 9.59 Å². The third-order valence-electron chi connectivity index (χ3n) is 5.58. The molecule has 1 saturated heterocycles. The van der Waals surface area contributed by atoms with Crippen LogP contribution in [0.25, 0.3) is 11.1 Å². The number of nitrogens with one attached hydrogen (secondary N) is 1. The Bertz CT molecular complexity index is 944. The number of alkyl carbamates (subject to hydrolysis) is 1. The summed E-state index contributed by atoms with van der Waals surface area (Å²) in [6.45, 7) is 3.51. The van der Waals surface area contributed by atoms with Gasteiger partial charge in [0.15, 0.2) is 5.79 Å². The van der Waals surface area contributed by atoms with Gasteiger partial charge < -0.3 is 29.4 Å². The molecule has 2 N–H and O–H groups in total. The Morgan fingerprint density at radius 1 is 0.969 bits per heavy atom. The van der Waals surface area contributed by atoms with Gasteiger partial charge in [0.05, 0.1) is 6.61 Å². The molecule has 1 aliphatic carbocycles. The van der Waals surface area contributed by atoms with Gasteiger partial charge in [0.25, 0.3) is 0 Å². The zero-order valence-electron chi connectivity index (χ0n) is 18.1. The Labute approximate surface area is 186 Å². The molecule has 1 heterocycles. The average Bonchev–Trinajstić information content (AvgIpc) is 3.24. The van der Waals surface area contributed by atoms with E-state index in [1.165, 1.54) is 11.1 Å². The molecule has 2 aromatic rings. The Kier molecular flexibility index (Phi) is 6.45. The lowest BCUT2D eigenvalue weighted by Gasteiger charge is -2.18. The average molecular weight is 441 g/mol. The van der Waals surface area contributed by atoms with Crippen molar-refractivity contribution in [2.24, 2.45) is 0 Å². The molecule has 0 unspecified atom stereocenters. The van der Waals surface area contributed by atoms with Gasteiger partial charge in [0, 0.05) is 12.5 Å². The molecule has 32 heavy (non-hydrogen) atoms. The summed E-state index contributed by atoms with van der Waals surface area (Å²) in [4.78, 5) is 23.1. The maximum atomic E-state index is 12.4. The van der Waals surface area contributed by atoms with E-state index in [-0.39, 0.29) is 25.7 Å². The fourth-order valence-electron chi connectivity index (χ4n) is 4.32. The van der Waals surface area contributed by atoms with Crippen molar-refractivity contribution in [3.8, 4) is 11.1 Å². The molecule has 1 fully saturated rings. The van der Waals surface area contributed by atoms with Crippen LogP contribution in [-0.4, -0.2) is 61.5 Å². The molecule has 2 aliphatic rings. The first-order valence-electron chi connectivity index (χ1n) is 10.6. The normalized spacial score (nSPS) is 21.1. The molecule has 8 nitrogen and oxygen atoms in total. The van der Waals surface area contributed by atoms with Crippen molar-refractivity contribution < 1.29 is 33.6 Å². The molecular weight excluding hydrogens is 414 g/mol. The maximum Gasteiger partial charge on any atom is 0.407 e. The van der Waals surface area contributed by atoms with E-state index in [0.717, 1.165) is 11.1 Å². The number of carboxylic acids is 1. The highest BCUT2D eigenvalue weighted by Crippen LogP contribution is 2.44. The van der Waals surface area contributed by atoms with Crippen molar-refractivity contribution in [3.05, 3.63) is 59.7 Å². The molecule has 0 aromatic heterocycles. The van der Waals surface area contributed by atoms with Gasteiger partial charge in [-0.15, -0.1) is 0 Å². The van der Waals surface area contributed by atoms with Crippen LogP contribution in [0.15, 0.2) is 48.5 Å². The minimum Gasteiger partial charge on any atom is -0.480 e. The Morgan fingerprint density at radius 2 is 1.56 bits per heavy atom. The first kappa shape index (κ1) is 22.3. The summed E-state index contributed by atoms with van der Waals surface area (Å²) in [5.41, 5.74) is 4.62. The highest BCUT2D eigenvalue weighted by molar-refractivity contribution is 5.79. The predicted molar refractivity (Wildman–Crippen MR) is 115 cm³/mol. The molecule has 2 atom stereocenters. The van der Waals surface area contributed by atoms with Crippen LogP contribution in [0, 0.1) is 0 Å². The number of carboxylic acid groups (broad SMARTS) is 1. The number of benzene rings is 2. The minimum absolute atomic E-state index is 0.0182. The lowest BCUT2D eigenvalue weighted by atomic mass is 9.98. The van der Waals surface area contributed by atoms with E-state index < -0.39 is 36.7 Å². The molecule has 2 aromatic carbocycles. The molecule has 0 saturated carbocycles. The van der Waals surface area contributed by atoms with Crippen molar-refractivity contribution in [1.29, 1.82) is 0 Å². The zero-order valence-corrected chi connectivity index (χ0v) is 18.1. The van der Waals surface area contributed by atoms with E-state index in [2.05, 4.69) is 29.6 Å².